The van der Waals surface area contributed by atoms with Gasteiger partial charge in [0.05, 0.1) is 17.5 Å². The maximum atomic E-state index is 13.1. The Morgan fingerprint density at radius 3 is 2.59 bits per heavy atom. The van der Waals surface area contributed by atoms with E-state index in [9.17, 15) is 4.79 Å². The number of rotatable bonds is 5. The van der Waals surface area contributed by atoms with E-state index < -0.39 is 0 Å². The second-order valence-electron chi connectivity index (χ2n) is 7.59. The Kier molecular flexibility index (Phi) is 6.40. The second kappa shape index (κ2) is 8.43. The zero-order valence-corrected chi connectivity index (χ0v) is 18.1. The van der Waals surface area contributed by atoms with Crippen molar-refractivity contribution in [2.24, 2.45) is 5.92 Å². The molecule has 0 bridgehead atoms. The van der Waals surface area contributed by atoms with E-state index in [0.717, 1.165) is 12.0 Å². The predicted molar refractivity (Wildman–Crippen MR) is 114 cm³/mol. The molecule has 0 aliphatic carbocycles. The molecule has 1 heterocycles. The van der Waals surface area contributed by atoms with Crippen molar-refractivity contribution >= 4 is 40.7 Å². The van der Waals surface area contributed by atoms with E-state index >= 15 is 0 Å². The van der Waals surface area contributed by atoms with Gasteiger partial charge in [0, 0.05) is 17.4 Å². The van der Waals surface area contributed by atoms with Crippen LogP contribution in [0.1, 0.15) is 54.6 Å². The lowest BCUT2D eigenvalue weighted by Gasteiger charge is -2.24. The molecule has 1 atom stereocenters. The molecule has 144 valence electrons. The summed E-state index contributed by atoms with van der Waals surface area (Å²) in [5.74, 6) is 0.899. The van der Waals surface area contributed by atoms with Gasteiger partial charge in [-0.15, -0.1) is 11.6 Å². The first-order valence-electron chi connectivity index (χ1n) is 9.25. The summed E-state index contributed by atoms with van der Waals surface area (Å²) in [5.41, 5.74) is 5.33. The molecule has 0 N–H and O–H groups in total. The van der Waals surface area contributed by atoms with Gasteiger partial charge in [-0.1, -0.05) is 61.3 Å². The van der Waals surface area contributed by atoms with Gasteiger partial charge in [0.2, 0.25) is 5.91 Å². The molecule has 0 spiro atoms. The van der Waals surface area contributed by atoms with E-state index in [4.69, 9.17) is 34.8 Å². The fraction of sp³-hybridized carbons (Fsp3) is 0.409. The van der Waals surface area contributed by atoms with Crippen LogP contribution >= 0.6 is 34.8 Å². The Bertz CT molecular complexity index is 863. The summed E-state index contributed by atoms with van der Waals surface area (Å²) >= 11 is 18.7. The fourth-order valence-electron chi connectivity index (χ4n) is 3.90. The first-order chi connectivity index (χ1) is 12.8. The van der Waals surface area contributed by atoms with Crippen LogP contribution < -0.4 is 0 Å². The summed E-state index contributed by atoms with van der Waals surface area (Å²) in [4.78, 5) is 15.0. The molecule has 1 amide bonds. The minimum absolute atomic E-state index is 0.0321. The summed E-state index contributed by atoms with van der Waals surface area (Å²) in [7, 11) is 0. The van der Waals surface area contributed by atoms with Crippen LogP contribution in [-0.2, 0) is 30.1 Å². The third kappa shape index (κ3) is 4.13. The molecule has 2 nitrogen and oxygen atoms in total. The van der Waals surface area contributed by atoms with E-state index in [2.05, 4.69) is 39.0 Å². The van der Waals surface area contributed by atoms with Gasteiger partial charge in [0.1, 0.15) is 0 Å². The summed E-state index contributed by atoms with van der Waals surface area (Å²) in [6.07, 6.45) is 1.20. The van der Waals surface area contributed by atoms with E-state index in [-0.39, 0.29) is 18.4 Å². The zero-order valence-electron chi connectivity index (χ0n) is 15.9. The van der Waals surface area contributed by atoms with Crippen molar-refractivity contribution in [2.75, 3.05) is 0 Å². The Morgan fingerprint density at radius 2 is 1.93 bits per heavy atom. The molecule has 3 rings (SSSR count). The van der Waals surface area contributed by atoms with Gasteiger partial charge in [-0.2, -0.15) is 0 Å². The zero-order chi connectivity index (χ0) is 19.7. The van der Waals surface area contributed by atoms with Gasteiger partial charge in [0.15, 0.2) is 0 Å². The highest BCUT2D eigenvalue weighted by atomic mass is 35.5. The van der Waals surface area contributed by atoms with E-state index in [1.807, 2.05) is 4.90 Å². The number of nitrogens with zero attached hydrogens (tertiary/aromatic N) is 1. The SMILES string of the molecule is CC(C)Cc1cccc2c1[C@H](C)N(C(=O)Cc1c(Cl)ccc(CCl)c1Cl)C2. The minimum atomic E-state index is 0.0321. The average molecular weight is 425 g/mol. The lowest BCUT2D eigenvalue weighted by molar-refractivity contribution is -0.132. The largest absolute Gasteiger partial charge is 0.331 e. The third-order valence-corrected chi connectivity index (χ3v) is 6.31. The van der Waals surface area contributed by atoms with Gasteiger partial charge in [-0.25, -0.2) is 0 Å². The average Bonchev–Trinajstić information content (AvgIpc) is 2.96. The van der Waals surface area contributed by atoms with Crippen LogP contribution in [0.25, 0.3) is 0 Å². The van der Waals surface area contributed by atoms with Crippen LogP contribution in [0.4, 0.5) is 0 Å². The fourth-order valence-corrected chi connectivity index (χ4v) is 4.77. The number of fused-ring (bicyclic) bond motifs is 1. The van der Waals surface area contributed by atoms with Crippen LogP contribution in [0.3, 0.4) is 0 Å². The van der Waals surface area contributed by atoms with Gasteiger partial charge in [0.25, 0.3) is 0 Å². The van der Waals surface area contributed by atoms with Gasteiger partial charge in [-0.3, -0.25) is 4.79 Å². The van der Waals surface area contributed by atoms with Crippen molar-refractivity contribution in [1.29, 1.82) is 0 Å². The van der Waals surface area contributed by atoms with Crippen molar-refractivity contribution in [3.8, 4) is 0 Å². The van der Waals surface area contributed by atoms with Gasteiger partial charge < -0.3 is 4.90 Å². The molecule has 2 aromatic carbocycles. The summed E-state index contributed by atoms with van der Waals surface area (Å²) in [6, 6.07) is 10.0. The standard InChI is InChI=1S/C22H24Cl3NO/c1-13(2)9-15-5-4-6-17-12-26(14(3)21(15)17)20(27)10-18-19(24)8-7-16(11-23)22(18)25/h4-8,13-14H,9-12H2,1-3H3/t14-/m0/s1. The first-order valence-corrected chi connectivity index (χ1v) is 10.5. The normalized spacial score (nSPS) is 16.1. The highest BCUT2D eigenvalue weighted by molar-refractivity contribution is 6.37. The van der Waals surface area contributed by atoms with Gasteiger partial charge >= 0.3 is 0 Å². The van der Waals surface area contributed by atoms with Crippen LogP contribution in [0, 0.1) is 5.92 Å². The van der Waals surface area contributed by atoms with E-state index in [0.29, 0.717) is 34.0 Å². The number of carbonyl (C=O) groups excluding carboxylic acids is 1. The molecule has 1 aliphatic rings. The second-order valence-corrected chi connectivity index (χ2v) is 8.65. The van der Waals surface area contributed by atoms with Crippen molar-refractivity contribution in [3.63, 3.8) is 0 Å². The molecule has 1 aliphatic heterocycles. The number of alkyl halides is 1. The molecule has 2 aromatic rings. The van der Waals surface area contributed by atoms with Gasteiger partial charge in [-0.05, 0) is 53.1 Å². The van der Waals surface area contributed by atoms with Crippen molar-refractivity contribution < 1.29 is 4.79 Å². The molecule has 0 saturated heterocycles. The number of halogens is 3. The number of hydrogen-bond acceptors (Lipinski definition) is 1. The van der Waals surface area contributed by atoms with Crippen LogP contribution in [0.15, 0.2) is 30.3 Å². The number of hydrogen-bond donors (Lipinski definition) is 0. The molecule has 0 aromatic heterocycles. The van der Waals surface area contributed by atoms with Crippen LogP contribution in [-0.4, -0.2) is 10.8 Å². The number of benzene rings is 2. The molecule has 0 unspecified atom stereocenters. The van der Waals surface area contributed by atoms with Crippen LogP contribution in [0.5, 0.6) is 0 Å². The molecular formula is C22H24Cl3NO. The quantitative estimate of drug-likeness (QED) is 0.497. The monoisotopic (exact) mass is 423 g/mol. The topological polar surface area (TPSA) is 20.3 Å². The smallest absolute Gasteiger partial charge is 0.227 e. The van der Waals surface area contributed by atoms with E-state index in [1.54, 1.807) is 12.1 Å². The molecule has 0 saturated carbocycles. The molecule has 5 heteroatoms. The predicted octanol–water partition coefficient (Wildman–Crippen LogP) is 6.58. The lowest BCUT2D eigenvalue weighted by atomic mass is 9.93. The number of carbonyl (C=O) groups is 1. The third-order valence-electron chi connectivity index (χ3n) is 5.20. The van der Waals surface area contributed by atoms with Crippen molar-refractivity contribution in [2.45, 2.75) is 52.1 Å². The Hall–Kier alpha value is -1.22. The molecule has 27 heavy (non-hydrogen) atoms. The van der Waals surface area contributed by atoms with Crippen molar-refractivity contribution in [3.05, 3.63) is 68.2 Å². The summed E-state index contributed by atoms with van der Waals surface area (Å²) in [5, 5.41) is 1.00. The summed E-state index contributed by atoms with van der Waals surface area (Å²) < 4.78 is 0. The Morgan fingerprint density at radius 1 is 1.19 bits per heavy atom. The van der Waals surface area contributed by atoms with E-state index in [1.165, 1.54) is 16.7 Å². The summed E-state index contributed by atoms with van der Waals surface area (Å²) in [6.45, 7) is 7.17. The molecular weight excluding hydrogens is 401 g/mol. The maximum Gasteiger partial charge on any atom is 0.227 e. The maximum absolute atomic E-state index is 13.1. The van der Waals surface area contributed by atoms with Crippen molar-refractivity contribution in [1.82, 2.24) is 4.90 Å². The Labute approximate surface area is 176 Å². The minimum Gasteiger partial charge on any atom is -0.331 e. The highest BCUT2D eigenvalue weighted by Crippen LogP contribution is 2.38. The molecule has 0 radical (unpaired) electrons. The Balaban J connectivity index is 1.86. The highest BCUT2D eigenvalue weighted by Gasteiger charge is 2.32. The lowest BCUT2D eigenvalue weighted by Crippen LogP contribution is -2.30. The van der Waals surface area contributed by atoms with Crippen LogP contribution in [0.2, 0.25) is 10.0 Å². The number of amides is 1. The molecule has 0 fully saturated rings. The first kappa shape index (κ1) is 20.5.